The molecule has 0 aromatic heterocycles. The highest BCUT2D eigenvalue weighted by Gasteiger charge is 2.19. The minimum Gasteiger partial charge on any atom is -0.349 e. The third-order valence-corrected chi connectivity index (χ3v) is 4.40. The Morgan fingerprint density at radius 1 is 1.35 bits per heavy atom. The van der Waals surface area contributed by atoms with Crippen LogP contribution in [0, 0.1) is 11.6 Å². The molecule has 0 saturated heterocycles. The quantitative estimate of drug-likeness (QED) is 0.874. The van der Waals surface area contributed by atoms with E-state index in [-0.39, 0.29) is 11.3 Å². The van der Waals surface area contributed by atoms with Crippen molar-refractivity contribution >= 4 is 15.7 Å². The topological polar surface area (TPSA) is 63.2 Å². The maximum absolute atomic E-state index is 13.5. The number of hydrogen-bond donors (Lipinski definition) is 1. The predicted molar refractivity (Wildman–Crippen MR) is 71.9 cm³/mol. The maximum atomic E-state index is 13.5. The molecule has 1 amide bonds. The molecule has 1 atom stereocenters. The van der Waals surface area contributed by atoms with Gasteiger partial charge in [0.25, 0.3) is 0 Å². The lowest BCUT2D eigenvalue weighted by Crippen LogP contribution is -2.33. The molecule has 0 bridgehead atoms. The van der Waals surface area contributed by atoms with Gasteiger partial charge >= 0.3 is 0 Å². The fourth-order valence-electron chi connectivity index (χ4n) is 1.80. The zero-order chi connectivity index (χ0) is 15.3. The summed E-state index contributed by atoms with van der Waals surface area (Å²) in [7, 11) is -3.44. The number of hydrogen-bond acceptors (Lipinski definition) is 3. The van der Waals surface area contributed by atoms with Crippen LogP contribution in [0.4, 0.5) is 8.78 Å². The van der Waals surface area contributed by atoms with Gasteiger partial charge in [0, 0.05) is 11.6 Å². The van der Waals surface area contributed by atoms with Crippen LogP contribution < -0.4 is 5.32 Å². The Balaban J connectivity index is 2.71. The summed E-state index contributed by atoms with van der Waals surface area (Å²) in [5.74, 6) is -2.90. The highest BCUT2D eigenvalue weighted by atomic mass is 32.2. The largest absolute Gasteiger partial charge is 0.349 e. The molecular formula is C13H17F2NO3S. The Bertz CT molecular complexity index is 587. The van der Waals surface area contributed by atoms with E-state index in [2.05, 4.69) is 5.32 Å². The smallest absolute Gasteiger partial charge is 0.235 e. The normalized spacial score (nSPS) is 13.0. The number of benzene rings is 1. The predicted octanol–water partition coefficient (Wildman–Crippen LogP) is 1.97. The first-order chi connectivity index (χ1) is 9.25. The van der Waals surface area contributed by atoms with E-state index >= 15 is 0 Å². The van der Waals surface area contributed by atoms with Crippen molar-refractivity contribution in [1.29, 1.82) is 0 Å². The molecular weight excluding hydrogens is 288 g/mol. The number of carbonyl (C=O) groups is 1. The summed E-state index contributed by atoms with van der Waals surface area (Å²) < 4.78 is 49.2. The van der Waals surface area contributed by atoms with Crippen LogP contribution in [0.25, 0.3) is 0 Å². The molecule has 1 unspecified atom stereocenters. The molecule has 0 spiro atoms. The van der Waals surface area contributed by atoms with E-state index < -0.39 is 39.2 Å². The summed E-state index contributed by atoms with van der Waals surface area (Å²) in [5.41, 5.74) is 0.104. The van der Waals surface area contributed by atoms with Crippen LogP contribution >= 0.6 is 0 Å². The van der Waals surface area contributed by atoms with E-state index in [1.165, 1.54) is 13.0 Å². The number of amides is 1. The van der Waals surface area contributed by atoms with Gasteiger partial charge in [0.15, 0.2) is 9.84 Å². The molecule has 0 saturated carbocycles. The van der Waals surface area contributed by atoms with Crippen LogP contribution in [0.2, 0.25) is 0 Å². The molecule has 1 rings (SSSR count). The second kappa shape index (κ2) is 6.78. The highest BCUT2D eigenvalue weighted by Crippen LogP contribution is 2.17. The molecule has 0 heterocycles. The molecule has 4 nitrogen and oxygen atoms in total. The van der Waals surface area contributed by atoms with Crippen LogP contribution in [0.3, 0.4) is 0 Å². The summed E-state index contributed by atoms with van der Waals surface area (Å²) in [6.07, 6.45) is 0.428. The minimum atomic E-state index is -3.44. The Morgan fingerprint density at radius 2 is 2.00 bits per heavy atom. The molecule has 20 heavy (non-hydrogen) atoms. The summed E-state index contributed by atoms with van der Waals surface area (Å²) in [5, 5.41) is 2.39. The molecule has 7 heteroatoms. The van der Waals surface area contributed by atoms with Crippen molar-refractivity contribution < 1.29 is 22.0 Å². The number of sulfone groups is 1. The Hall–Kier alpha value is -1.50. The van der Waals surface area contributed by atoms with Gasteiger partial charge in [-0.15, -0.1) is 0 Å². The van der Waals surface area contributed by atoms with Crippen molar-refractivity contribution in [3.05, 3.63) is 35.4 Å². The fraction of sp³-hybridized carbons (Fsp3) is 0.462. The third-order valence-electron chi connectivity index (χ3n) is 2.67. The van der Waals surface area contributed by atoms with Crippen LogP contribution in [0.15, 0.2) is 18.2 Å². The van der Waals surface area contributed by atoms with Gasteiger partial charge in [-0.2, -0.15) is 0 Å². The molecule has 1 N–H and O–H groups in total. The van der Waals surface area contributed by atoms with Crippen LogP contribution in [-0.4, -0.2) is 25.8 Å². The van der Waals surface area contributed by atoms with Gasteiger partial charge in [0.2, 0.25) is 5.91 Å². The molecule has 1 aromatic rings. The molecule has 0 aliphatic carbocycles. The minimum absolute atomic E-state index is 0.0697. The molecule has 0 aliphatic heterocycles. The number of nitrogens with one attached hydrogen (secondary N) is 1. The van der Waals surface area contributed by atoms with Crippen LogP contribution in [-0.2, 0) is 14.6 Å². The standard InChI is InChI=1S/C13H17F2NO3S/c1-3-6-20(18,19)8-13(17)16-9(2)11-5-4-10(14)7-12(11)15/h4-5,7,9H,3,6,8H2,1-2H3,(H,16,17). The molecule has 0 radical (unpaired) electrons. The molecule has 112 valence electrons. The highest BCUT2D eigenvalue weighted by molar-refractivity contribution is 7.92. The van der Waals surface area contributed by atoms with Crippen LogP contribution in [0.1, 0.15) is 31.9 Å². The van der Waals surface area contributed by atoms with Crippen molar-refractivity contribution in [2.24, 2.45) is 0 Å². The molecule has 1 aromatic carbocycles. The van der Waals surface area contributed by atoms with E-state index in [1.807, 2.05) is 0 Å². The second-order valence-electron chi connectivity index (χ2n) is 4.55. The van der Waals surface area contributed by atoms with E-state index in [0.29, 0.717) is 12.5 Å². The lowest BCUT2D eigenvalue weighted by atomic mass is 10.1. The van der Waals surface area contributed by atoms with Gasteiger partial charge in [0.1, 0.15) is 17.4 Å². The van der Waals surface area contributed by atoms with Crippen molar-refractivity contribution in [2.75, 3.05) is 11.5 Å². The number of carbonyl (C=O) groups excluding carboxylic acids is 1. The average Bonchev–Trinajstić information content (AvgIpc) is 2.26. The van der Waals surface area contributed by atoms with Crippen LogP contribution in [0.5, 0.6) is 0 Å². The van der Waals surface area contributed by atoms with Gasteiger partial charge in [0.05, 0.1) is 11.8 Å². The van der Waals surface area contributed by atoms with Gasteiger partial charge in [-0.05, 0) is 19.4 Å². The van der Waals surface area contributed by atoms with Gasteiger partial charge < -0.3 is 5.32 Å². The first kappa shape index (κ1) is 16.6. The monoisotopic (exact) mass is 305 g/mol. The summed E-state index contributed by atoms with van der Waals surface area (Å²) in [4.78, 5) is 11.6. The van der Waals surface area contributed by atoms with Gasteiger partial charge in [-0.25, -0.2) is 17.2 Å². The van der Waals surface area contributed by atoms with Gasteiger partial charge in [-0.1, -0.05) is 13.0 Å². The third kappa shape index (κ3) is 4.88. The lowest BCUT2D eigenvalue weighted by Gasteiger charge is -2.15. The Kier molecular flexibility index (Phi) is 5.62. The number of rotatable bonds is 6. The molecule has 0 aliphatic rings. The fourth-order valence-corrected chi connectivity index (χ4v) is 3.05. The number of halogens is 2. The SMILES string of the molecule is CCCS(=O)(=O)CC(=O)NC(C)c1ccc(F)cc1F. The Morgan fingerprint density at radius 3 is 2.55 bits per heavy atom. The van der Waals surface area contributed by atoms with Crippen molar-refractivity contribution in [3.8, 4) is 0 Å². The van der Waals surface area contributed by atoms with E-state index in [1.54, 1.807) is 6.92 Å². The summed E-state index contributed by atoms with van der Waals surface area (Å²) in [6, 6.07) is 2.27. The second-order valence-corrected chi connectivity index (χ2v) is 6.73. The zero-order valence-corrected chi connectivity index (χ0v) is 12.1. The summed E-state index contributed by atoms with van der Waals surface area (Å²) >= 11 is 0. The zero-order valence-electron chi connectivity index (χ0n) is 11.3. The van der Waals surface area contributed by atoms with Gasteiger partial charge in [-0.3, -0.25) is 4.79 Å². The lowest BCUT2D eigenvalue weighted by molar-refractivity contribution is -0.119. The van der Waals surface area contributed by atoms with E-state index in [0.717, 1.165) is 6.07 Å². The van der Waals surface area contributed by atoms with Crippen molar-refractivity contribution in [3.63, 3.8) is 0 Å². The van der Waals surface area contributed by atoms with Crippen molar-refractivity contribution in [2.45, 2.75) is 26.3 Å². The average molecular weight is 305 g/mol. The van der Waals surface area contributed by atoms with Crippen molar-refractivity contribution in [1.82, 2.24) is 5.32 Å². The van der Waals surface area contributed by atoms with E-state index in [9.17, 15) is 22.0 Å². The first-order valence-corrected chi connectivity index (χ1v) is 8.02. The first-order valence-electron chi connectivity index (χ1n) is 6.20. The summed E-state index contributed by atoms with van der Waals surface area (Å²) in [6.45, 7) is 3.20. The molecule has 0 fully saturated rings. The van der Waals surface area contributed by atoms with E-state index in [4.69, 9.17) is 0 Å². The maximum Gasteiger partial charge on any atom is 0.235 e. The Labute approximate surface area is 117 Å².